The van der Waals surface area contributed by atoms with E-state index < -0.39 is 0 Å². The van der Waals surface area contributed by atoms with Gasteiger partial charge < -0.3 is 15.1 Å². The first kappa shape index (κ1) is 24.8. The van der Waals surface area contributed by atoms with E-state index in [1.807, 2.05) is 29.2 Å². The summed E-state index contributed by atoms with van der Waals surface area (Å²) in [6.07, 6.45) is 0.756. The second-order valence-electron chi connectivity index (χ2n) is 9.38. The first-order valence-electron chi connectivity index (χ1n) is 12.5. The normalized spacial score (nSPS) is 13.5. The number of anilines is 2. The van der Waals surface area contributed by atoms with E-state index in [0.717, 1.165) is 34.9 Å². The Morgan fingerprint density at radius 2 is 1.65 bits per heavy atom. The minimum Gasteiger partial charge on any atom is -0.353 e. The molecule has 2 heterocycles. The van der Waals surface area contributed by atoms with Crippen molar-refractivity contribution in [3.05, 3.63) is 106 Å². The molecule has 1 aromatic heterocycles. The van der Waals surface area contributed by atoms with E-state index in [1.165, 1.54) is 11.1 Å². The van der Waals surface area contributed by atoms with Gasteiger partial charge in [0.15, 0.2) is 5.82 Å². The fourth-order valence-electron chi connectivity index (χ4n) is 4.65. The zero-order chi connectivity index (χ0) is 25.8. The van der Waals surface area contributed by atoms with Gasteiger partial charge in [-0.15, -0.1) is 0 Å². The Kier molecular flexibility index (Phi) is 7.37. The van der Waals surface area contributed by atoms with Crippen LogP contribution in [0.25, 0.3) is 11.4 Å². The van der Waals surface area contributed by atoms with Crippen LogP contribution in [-0.4, -0.2) is 47.1 Å². The third-order valence-corrected chi connectivity index (χ3v) is 6.87. The summed E-state index contributed by atoms with van der Waals surface area (Å²) in [5, 5.41) is 3.55. The van der Waals surface area contributed by atoms with Crippen molar-refractivity contribution < 1.29 is 4.79 Å². The molecule has 0 radical (unpaired) electrons. The fraction of sp³-hybridized carbons (Fsp3) is 0.233. The maximum Gasteiger partial charge on any atom is 0.321 e. The molecule has 4 aromatic rings. The van der Waals surface area contributed by atoms with Crippen molar-refractivity contribution in [3.8, 4) is 11.4 Å². The number of nitrogens with one attached hydrogen (secondary N) is 1. The van der Waals surface area contributed by atoms with Crippen molar-refractivity contribution in [2.24, 2.45) is 0 Å². The number of benzene rings is 3. The van der Waals surface area contributed by atoms with Crippen molar-refractivity contribution in [3.63, 3.8) is 0 Å². The summed E-state index contributed by atoms with van der Waals surface area (Å²) in [5.74, 6) is 1.68. The van der Waals surface area contributed by atoms with Crippen molar-refractivity contribution in [1.29, 1.82) is 0 Å². The molecule has 1 aliphatic rings. The lowest BCUT2D eigenvalue weighted by Crippen LogP contribution is -2.50. The van der Waals surface area contributed by atoms with Crippen LogP contribution in [0.2, 0.25) is 5.02 Å². The molecule has 3 aromatic carbocycles. The number of urea groups is 1. The van der Waals surface area contributed by atoms with Gasteiger partial charge in [0.2, 0.25) is 0 Å². The third kappa shape index (κ3) is 5.92. The van der Waals surface area contributed by atoms with E-state index in [0.29, 0.717) is 36.9 Å². The first-order valence-corrected chi connectivity index (χ1v) is 12.9. The van der Waals surface area contributed by atoms with Crippen LogP contribution in [0.4, 0.5) is 16.3 Å². The molecule has 0 unspecified atom stereocenters. The number of amides is 2. The van der Waals surface area contributed by atoms with E-state index in [4.69, 9.17) is 21.6 Å². The molecule has 1 N–H and O–H groups in total. The lowest BCUT2D eigenvalue weighted by Gasteiger charge is -2.36. The highest BCUT2D eigenvalue weighted by atomic mass is 35.5. The SMILES string of the molecule is Cc1cccc(-c2nc(C)c(Cc3ccccc3)c(N3CCN(C(=O)Nc4cccc(Cl)c4)CC3)n2)c1. The van der Waals surface area contributed by atoms with Crippen LogP contribution in [0.15, 0.2) is 78.9 Å². The zero-order valence-electron chi connectivity index (χ0n) is 21.1. The van der Waals surface area contributed by atoms with Crippen LogP contribution >= 0.6 is 11.6 Å². The lowest BCUT2D eigenvalue weighted by atomic mass is 10.0. The van der Waals surface area contributed by atoms with Gasteiger partial charge in [0.1, 0.15) is 5.82 Å². The number of piperazine rings is 1. The van der Waals surface area contributed by atoms with Gasteiger partial charge in [0, 0.05) is 60.1 Å². The molecule has 2 amide bonds. The van der Waals surface area contributed by atoms with E-state index in [-0.39, 0.29) is 6.03 Å². The number of aromatic nitrogens is 2. The van der Waals surface area contributed by atoms with Gasteiger partial charge in [-0.2, -0.15) is 0 Å². The molecule has 0 spiro atoms. The molecule has 7 heteroatoms. The van der Waals surface area contributed by atoms with E-state index in [9.17, 15) is 4.79 Å². The topological polar surface area (TPSA) is 61.4 Å². The molecule has 37 heavy (non-hydrogen) atoms. The third-order valence-electron chi connectivity index (χ3n) is 6.63. The summed E-state index contributed by atoms with van der Waals surface area (Å²) in [6, 6.07) is 25.8. The average Bonchev–Trinajstić information content (AvgIpc) is 2.90. The maximum absolute atomic E-state index is 12.9. The van der Waals surface area contributed by atoms with Crippen LogP contribution in [0.3, 0.4) is 0 Å². The highest BCUT2D eigenvalue weighted by Crippen LogP contribution is 2.29. The summed E-state index contributed by atoms with van der Waals surface area (Å²) >= 11 is 6.07. The number of carbonyl (C=O) groups excluding carboxylic acids is 1. The van der Waals surface area contributed by atoms with E-state index in [2.05, 4.69) is 66.5 Å². The van der Waals surface area contributed by atoms with Gasteiger partial charge in [-0.25, -0.2) is 14.8 Å². The number of hydrogen-bond acceptors (Lipinski definition) is 4. The largest absolute Gasteiger partial charge is 0.353 e. The second-order valence-corrected chi connectivity index (χ2v) is 9.82. The summed E-state index contributed by atoms with van der Waals surface area (Å²) in [5.41, 5.74) is 6.20. The summed E-state index contributed by atoms with van der Waals surface area (Å²) < 4.78 is 0. The Hall–Kier alpha value is -3.90. The smallest absolute Gasteiger partial charge is 0.321 e. The molecule has 5 rings (SSSR count). The van der Waals surface area contributed by atoms with Crippen molar-refractivity contribution in [2.45, 2.75) is 20.3 Å². The zero-order valence-corrected chi connectivity index (χ0v) is 21.9. The summed E-state index contributed by atoms with van der Waals surface area (Å²) in [6.45, 7) is 6.72. The summed E-state index contributed by atoms with van der Waals surface area (Å²) in [7, 11) is 0. The number of nitrogens with zero attached hydrogens (tertiary/aromatic N) is 4. The van der Waals surface area contributed by atoms with Crippen LogP contribution in [-0.2, 0) is 6.42 Å². The maximum atomic E-state index is 12.9. The lowest BCUT2D eigenvalue weighted by molar-refractivity contribution is 0.208. The average molecular weight is 512 g/mol. The van der Waals surface area contributed by atoms with Crippen LogP contribution in [0.5, 0.6) is 0 Å². The minimum atomic E-state index is -0.120. The quantitative estimate of drug-likeness (QED) is 0.338. The Bertz CT molecular complexity index is 1400. The van der Waals surface area contributed by atoms with Crippen molar-refractivity contribution in [2.75, 3.05) is 36.4 Å². The van der Waals surface area contributed by atoms with Gasteiger partial charge in [-0.1, -0.05) is 71.8 Å². The van der Waals surface area contributed by atoms with Crippen molar-refractivity contribution in [1.82, 2.24) is 14.9 Å². The van der Waals surface area contributed by atoms with E-state index >= 15 is 0 Å². The number of rotatable bonds is 5. The van der Waals surface area contributed by atoms with Crippen LogP contribution in [0, 0.1) is 13.8 Å². The molecule has 188 valence electrons. The molecule has 0 atom stereocenters. The van der Waals surface area contributed by atoms with Gasteiger partial charge in [0.05, 0.1) is 0 Å². The van der Waals surface area contributed by atoms with Gasteiger partial charge >= 0.3 is 6.03 Å². The Labute approximate surface area is 222 Å². The van der Waals surface area contributed by atoms with Gasteiger partial charge in [-0.05, 0) is 43.7 Å². The molecule has 0 saturated carbocycles. The minimum absolute atomic E-state index is 0.120. The predicted octanol–water partition coefficient (Wildman–Crippen LogP) is 6.36. The standard InChI is InChI=1S/C30H30ClN5O/c1-21-8-6-11-24(18-21)28-32-22(2)27(19-23-9-4-3-5-10-23)29(34-28)35-14-16-36(17-15-35)30(37)33-26-13-7-12-25(31)20-26/h3-13,18,20H,14-17,19H2,1-2H3,(H,33,37). The van der Waals surface area contributed by atoms with Crippen LogP contribution in [0.1, 0.15) is 22.4 Å². The summed E-state index contributed by atoms with van der Waals surface area (Å²) in [4.78, 5) is 27.0. The van der Waals surface area contributed by atoms with Gasteiger partial charge in [0.25, 0.3) is 0 Å². The Balaban J connectivity index is 1.40. The van der Waals surface area contributed by atoms with Gasteiger partial charge in [-0.3, -0.25) is 0 Å². The highest BCUT2D eigenvalue weighted by molar-refractivity contribution is 6.30. The number of halogens is 1. The molecule has 1 aliphatic heterocycles. The fourth-order valence-corrected chi connectivity index (χ4v) is 4.84. The molecular formula is C30H30ClN5O. The molecule has 1 saturated heterocycles. The number of carbonyl (C=O) groups is 1. The first-order chi connectivity index (χ1) is 18.0. The molecule has 0 aliphatic carbocycles. The second kappa shape index (κ2) is 11.0. The number of aryl methyl sites for hydroxylation is 2. The monoisotopic (exact) mass is 511 g/mol. The number of hydrogen-bond donors (Lipinski definition) is 1. The Morgan fingerprint density at radius 1 is 0.892 bits per heavy atom. The molecular weight excluding hydrogens is 482 g/mol. The van der Waals surface area contributed by atoms with E-state index in [1.54, 1.807) is 12.1 Å². The Morgan fingerprint density at radius 3 is 2.38 bits per heavy atom. The molecule has 1 fully saturated rings. The van der Waals surface area contributed by atoms with Crippen molar-refractivity contribution >= 4 is 29.1 Å². The molecule has 0 bridgehead atoms. The van der Waals surface area contributed by atoms with Crippen LogP contribution < -0.4 is 10.2 Å². The predicted molar refractivity (Wildman–Crippen MR) is 150 cm³/mol. The highest BCUT2D eigenvalue weighted by Gasteiger charge is 2.25. The molecule has 6 nitrogen and oxygen atoms in total.